The number of thiophene rings is 1. The minimum Gasteiger partial charge on any atom is -0.351 e. The van der Waals surface area contributed by atoms with Crippen molar-refractivity contribution in [1.82, 2.24) is 9.62 Å². The molecule has 1 fully saturated rings. The molecule has 124 valence electrons. The molecule has 10 heteroatoms. The van der Waals surface area contributed by atoms with Gasteiger partial charge in [0.15, 0.2) is 9.84 Å². The molecule has 1 unspecified atom stereocenters. The molecule has 1 aromatic heterocycles. The van der Waals surface area contributed by atoms with Gasteiger partial charge in [0.2, 0.25) is 5.91 Å². The molecule has 0 aliphatic carbocycles. The van der Waals surface area contributed by atoms with Crippen LogP contribution in [0.3, 0.4) is 0 Å². The molecule has 1 aromatic rings. The number of nitrogens with one attached hydrogen (secondary N) is 1. The van der Waals surface area contributed by atoms with Crippen LogP contribution < -0.4 is 5.32 Å². The highest BCUT2D eigenvalue weighted by Gasteiger charge is 2.31. The second-order valence-electron chi connectivity index (χ2n) is 5.03. The summed E-state index contributed by atoms with van der Waals surface area (Å²) in [5, 5.41) is 4.25. The minimum absolute atomic E-state index is 0.0585. The number of sulfonamides is 1. The standard InChI is InChI=1S/C12H18N2O5S3/c1-2-14(22(18,19)12-4-3-6-20-12)8-11(15)13-10-5-7-21(16,17)9-10/h3-4,6,10H,2,5,7-9H2,1H3,(H,13,15). The molecule has 0 bridgehead atoms. The van der Waals surface area contributed by atoms with Crippen molar-refractivity contribution in [3.05, 3.63) is 17.5 Å². The van der Waals surface area contributed by atoms with Crippen LogP contribution >= 0.6 is 11.3 Å². The molecular formula is C12H18N2O5S3. The lowest BCUT2D eigenvalue weighted by molar-refractivity contribution is -0.121. The van der Waals surface area contributed by atoms with E-state index in [9.17, 15) is 21.6 Å². The summed E-state index contributed by atoms with van der Waals surface area (Å²) < 4.78 is 48.7. The first kappa shape index (κ1) is 17.4. The average molecular weight is 366 g/mol. The zero-order valence-corrected chi connectivity index (χ0v) is 14.5. The molecule has 1 aliphatic rings. The minimum atomic E-state index is -3.69. The molecule has 22 heavy (non-hydrogen) atoms. The molecule has 2 rings (SSSR count). The van der Waals surface area contributed by atoms with Crippen molar-refractivity contribution in [2.24, 2.45) is 0 Å². The number of rotatable bonds is 6. The van der Waals surface area contributed by atoms with Crippen molar-refractivity contribution >= 4 is 37.1 Å². The Kier molecular flexibility index (Phi) is 5.25. The van der Waals surface area contributed by atoms with Gasteiger partial charge in [-0.1, -0.05) is 13.0 Å². The summed E-state index contributed by atoms with van der Waals surface area (Å²) in [6.45, 7) is 1.50. The Morgan fingerprint density at radius 2 is 2.23 bits per heavy atom. The number of carbonyl (C=O) groups is 1. The van der Waals surface area contributed by atoms with Crippen molar-refractivity contribution in [2.75, 3.05) is 24.6 Å². The Balaban J connectivity index is 2.00. The van der Waals surface area contributed by atoms with E-state index in [1.165, 1.54) is 6.07 Å². The van der Waals surface area contributed by atoms with Crippen molar-refractivity contribution in [3.63, 3.8) is 0 Å². The van der Waals surface area contributed by atoms with E-state index in [4.69, 9.17) is 0 Å². The molecule has 7 nitrogen and oxygen atoms in total. The molecule has 1 atom stereocenters. The number of hydrogen-bond donors (Lipinski definition) is 1. The fourth-order valence-corrected chi connectivity index (χ4v) is 6.47. The molecule has 2 heterocycles. The molecule has 0 radical (unpaired) electrons. The summed E-state index contributed by atoms with van der Waals surface area (Å²) in [6.07, 6.45) is 0.373. The maximum Gasteiger partial charge on any atom is 0.253 e. The van der Waals surface area contributed by atoms with Crippen LogP contribution in [0, 0.1) is 0 Å². The van der Waals surface area contributed by atoms with Crippen molar-refractivity contribution < 1.29 is 21.6 Å². The van der Waals surface area contributed by atoms with Crippen molar-refractivity contribution in [1.29, 1.82) is 0 Å². The van der Waals surface area contributed by atoms with Crippen LogP contribution in [0.2, 0.25) is 0 Å². The van der Waals surface area contributed by atoms with Gasteiger partial charge in [-0.3, -0.25) is 4.79 Å². The Labute approximate surface area is 134 Å². The number of nitrogens with zero attached hydrogens (tertiary/aromatic N) is 1. The van der Waals surface area contributed by atoms with Gasteiger partial charge in [0.1, 0.15) is 4.21 Å². The third-order valence-electron chi connectivity index (χ3n) is 3.36. The van der Waals surface area contributed by atoms with Crippen molar-refractivity contribution in [3.8, 4) is 0 Å². The first-order valence-electron chi connectivity index (χ1n) is 6.78. The predicted molar refractivity (Wildman–Crippen MR) is 84.0 cm³/mol. The molecule has 0 spiro atoms. The highest BCUT2D eigenvalue weighted by Crippen LogP contribution is 2.20. The van der Waals surface area contributed by atoms with E-state index in [1.54, 1.807) is 18.4 Å². The molecule has 0 saturated carbocycles. The Bertz CT molecular complexity index is 725. The molecule has 0 aromatic carbocycles. The molecule has 1 N–H and O–H groups in total. The van der Waals surface area contributed by atoms with Gasteiger partial charge in [0, 0.05) is 12.6 Å². The van der Waals surface area contributed by atoms with E-state index in [-0.39, 0.29) is 28.8 Å². The van der Waals surface area contributed by atoms with E-state index in [0.717, 1.165) is 15.6 Å². The number of amides is 1. The summed E-state index contributed by atoms with van der Waals surface area (Å²) in [4.78, 5) is 12.0. The van der Waals surface area contributed by atoms with E-state index in [2.05, 4.69) is 5.32 Å². The Morgan fingerprint density at radius 1 is 1.50 bits per heavy atom. The van der Waals surface area contributed by atoms with Crippen LogP contribution in [-0.2, 0) is 24.7 Å². The average Bonchev–Trinajstić information content (AvgIpc) is 3.05. The van der Waals surface area contributed by atoms with Gasteiger partial charge in [0.25, 0.3) is 10.0 Å². The number of sulfone groups is 1. The van der Waals surface area contributed by atoms with Crippen LogP contribution in [0.1, 0.15) is 13.3 Å². The van der Waals surface area contributed by atoms with E-state index in [1.807, 2.05) is 0 Å². The fourth-order valence-electron chi connectivity index (χ4n) is 2.25. The van der Waals surface area contributed by atoms with Gasteiger partial charge in [-0.15, -0.1) is 11.3 Å². The summed E-state index contributed by atoms with van der Waals surface area (Å²) >= 11 is 1.09. The maximum atomic E-state index is 12.4. The van der Waals surface area contributed by atoms with Crippen LogP contribution in [0.15, 0.2) is 21.7 Å². The topological polar surface area (TPSA) is 101 Å². The lowest BCUT2D eigenvalue weighted by Crippen LogP contribution is -2.44. The summed E-state index contributed by atoms with van der Waals surface area (Å²) in [7, 11) is -6.77. The number of likely N-dealkylation sites (N-methyl/N-ethyl adjacent to an activating group) is 1. The third-order valence-corrected chi connectivity index (χ3v) is 8.42. The molecule has 1 aliphatic heterocycles. The van der Waals surface area contributed by atoms with Crippen LogP contribution in [0.25, 0.3) is 0 Å². The SMILES string of the molecule is CCN(CC(=O)NC1CCS(=O)(=O)C1)S(=O)(=O)c1cccs1. The molecule has 1 saturated heterocycles. The second-order valence-corrected chi connectivity index (χ2v) is 10.4. The monoisotopic (exact) mass is 366 g/mol. The van der Waals surface area contributed by atoms with Gasteiger partial charge in [0.05, 0.1) is 18.1 Å². The van der Waals surface area contributed by atoms with Gasteiger partial charge >= 0.3 is 0 Å². The predicted octanol–water partition coefficient (Wildman–Crippen LogP) is 0.0620. The van der Waals surface area contributed by atoms with Gasteiger partial charge in [-0.25, -0.2) is 16.8 Å². The zero-order valence-electron chi connectivity index (χ0n) is 12.1. The van der Waals surface area contributed by atoms with E-state index < -0.39 is 31.8 Å². The summed E-state index contributed by atoms with van der Waals surface area (Å²) in [6, 6.07) is 2.69. The lowest BCUT2D eigenvalue weighted by Gasteiger charge is -2.20. The third kappa shape index (κ3) is 4.06. The first-order chi connectivity index (χ1) is 10.2. The van der Waals surface area contributed by atoms with Crippen LogP contribution in [0.5, 0.6) is 0 Å². The normalized spacial score (nSPS) is 21.1. The highest BCUT2D eigenvalue weighted by atomic mass is 32.2. The quantitative estimate of drug-likeness (QED) is 0.767. The van der Waals surface area contributed by atoms with Crippen molar-refractivity contribution in [2.45, 2.75) is 23.6 Å². The highest BCUT2D eigenvalue weighted by molar-refractivity contribution is 7.91. The van der Waals surface area contributed by atoms with E-state index >= 15 is 0 Å². The maximum absolute atomic E-state index is 12.4. The fraction of sp³-hybridized carbons (Fsp3) is 0.583. The summed E-state index contributed by atoms with van der Waals surface area (Å²) in [5.41, 5.74) is 0. The Morgan fingerprint density at radius 3 is 2.73 bits per heavy atom. The number of carbonyl (C=O) groups excluding carboxylic acids is 1. The van der Waals surface area contributed by atoms with Gasteiger partial charge in [-0.2, -0.15) is 4.31 Å². The molecule has 1 amide bonds. The largest absolute Gasteiger partial charge is 0.351 e. The zero-order chi connectivity index (χ0) is 16.4. The summed E-state index contributed by atoms with van der Waals surface area (Å²) in [5.74, 6) is -0.505. The number of hydrogen-bond acceptors (Lipinski definition) is 6. The first-order valence-corrected chi connectivity index (χ1v) is 10.9. The lowest BCUT2D eigenvalue weighted by atomic mass is 10.2. The molecular weight excluding hydrogens is 348 g/mol. The Hall–Kier alpha value is -0.970. The van der Waals surface area contributed by atoms with Gasteiger partial charge < -0.3 is 5.32 Å². The second kappa shape index (κ2) is 6.65. The smallest absolute Gasteiger partial charge is 0.253 e. The van der Waals surface area contributed by atoms with Crippen LogP contribution in [-0.4, -0.2) is 57.7 Å². The van der Waals surface area contributed by atoms with Gasteiger partial charge in [-0.05, 0) is 17.9 Å². The van der Waals surface area contributed by atoms with E-state index in [0.29, 0.717) is 6.42 Å². The van der Waals surface area contributed by atoms with Crippen LogP contribution in [0.4, 0.5) is 0 Å².